The molecule has 2 aliphatic heterocycles. The van der Waals surface area contributed by atoms with E-state index in [1.54, 1.807) is 0 Å². The Labute approximate surface area is 207 Å². The monoisotopic (exact) mass is 550 g/mol. The van der Waals surface area contributed by atoms with E-state index in [1.165, 1.54) is 77.7 Å². The Hall–Kier alpha value is -0.160. The van der Waals surface area contributed by atoms with E-state index in [2.05, 4.69) is 39.3 Å². The van der Waals surface area contributed by atoms with Crippen LogP contribution in [0.3, 0.4) is 0 Å². The molecule has 3 rings (SSSR count). The van der Waals surface area contributed by atoms with Gasteiger partial charge in [0.1, 0.15) is 0 Å². The summed E-state index contributed by atoms with van der Waals surface area (Å²) in [5, 5.41) is 7.06. The topological polar surface area (TPSA) is 55.4 Å². The van der Waals surface area contributed by atoms with Crippen molar-refractivity contribution in [2.75, 3.05) is 85.7 Å². The summed E-state index contributed by atoms with van der Waals surface area (Å²) in [6, 6.07) is 0. The van der Waals surface area contributed by atoms with E-state index in [1.807, 2.05) is 0 Å². The van der Waals surface area contributed by atoms with Crippen LogP contribution in [0.5, 0.6) is 0 Å². The number of ether oxygens (including phenoxy) is 1. The van der Waals surface area contributed by atoms with E-state index in [0.717, 1.165) is 51.9 Å². The van der Waals surface area contributed by atoms with Crippen molar-refractivity contribution in [2.45, 2.75) is 57.4 Å². The molecule has 0 aromatic heterocycles. The summed E-state index contributed by atoms with van der Waals surface area (Å²) in [5.74, 6) is 0.996. The summed E-state index contributed by atoms with van der Waals surface area (Å²) < 4.78 is 5.62. The van der Waals surface area contributed by atoms with Gasteiger partial charge < -0.3 is 25.2 Å². The number of hydrogen-bond donors (Lipinski definition) is 2. The minimum absolute atomic E-state index is 0. The van der Waals surface area contributed by atoms with E-state index < -0.39 is 0 Å². The molecular formula is C23H47IN6O. The fourth-order valence-corrected chi connectivity index (χ4v) is 5.13. The maximum absolute atomic E-state index is 5.62. The van der Waals surface area contributed by atoms with E-state index in [-0.39, 0.29) is 29.5 Å². The molecule has 1 aliphatic carbocycles. The highest BCUT2D eigenvalue weighted by atomic mass is 127. The number of unbranched alkanes of at least 4 members (excludes halogenated alkanes) is 1. The minimum Gasteiger partial charge on any atom is -0.379 e. The van der Waals surface area contributed by atoms with Crippen LogP contribution in [0.2, 0.25) is 0 Å². The predicted molar refractivity (Wildman–Crippen MR) is 141 cm³/mol. The number of nitrogens with one attached hydrogen (secondary N) is 2. The maximum atomic E-state index is 5.62. The smallest absolute Gasteiger partial charge is 0.191 e. The molecule has 2 heterocycles. The van der Waals surface area contributed by atoms with Gasteiger partial charge in [0.15, 0.2) is 5.96 Å². The third kappa shape index (κ3) is 8.95. The van der Waals surface area contributed by atoms with Gasteiger partial charge in [0.2, 0.25) is 0 Å². The molecule has 7 nitrogen and oxygen atoms in total. The molecule has 0 unspecified atom stereocenters. The molecule has 0 spiro atoms. The molecule has 0 radical (unpaired) electrons. The highest BCUT2D eigenvalue weighted by molar-refractivity contribution is 14.0. The maximum Gasteiger partial charge on any atom is 0.191 e. The van der Waals surface area contributed by atoms with Crippen molar-refractivity contribution >= 4 is 29.9 Å². The summed E-state index contributed by atoms with van der Waals surface area (Å²) in [6.45, 7) is 14.9. The number of likely N-dealkylation sites (N-methyl/N-ethyl adjacent to an activating group) is 1. The molecule has 182 valence electrons. The van der Waals surface area contributed by atoms with Crippen molar-refractivity contribution in [1.29, 1.82) is 0 Å². The van der Waals surface area contributed by atoms with E-state index >= 15 is 0 Å². The van der Waals surface area contributed by atoms with Crippen LogP contribution < -0.4 is 10.6 Å². The molecule has 2 saturated heterocycles. The number of nitrogens with zero attached hydrogens (tertiary/aromatic N) is 4. The zero-order valence-electron chi connectivity index (χ0n) is 20.0. The van der Waals surface area contributed by atoms with Gasteiger partial charge in [0.05, 0.1) is 19.8 Å². The third-order valence-corrected chi connectivity index (χ3v) is 7.13. The SMILES string of the molecule is CCNC(=NCC1(N2CCOCC2)CCCCC1)NCCCCN1CCN(C)CC1.I. The molecule has 0 aromatic carbocycles. The lowest BCUT2D eigenvalue weighted by Crippen LogP contribution is -2.56. The van der Waals surface area contributed by atoms with Crippen LogP contribution >= 0.6 is 24.0 Å². The molecule has 2 N–H and O–H groups in total. The zero-order valence-corrected chi connectivity index (χ0v) is 22.4. The number of guanidine groups is 1. The average Bonchev–Trinajstić information content (AvgIpc) is 2.79. The van der Waals surface area contributed by atoms with Gasteiger partial charge in [0, 0.05) is 57.9 Å². The van der Waals surface area contributed by atoms with Gasteiger partial charge >= 0.3 is 0 Å². The molecular weight excluding hydrogens is 503 g/mol. The molecule has 0 amide bonds. The molecule has 0 bridgehead atoms. The number of morpholine rings is 1. The normalized spacial score (nSPS) is 23.9. The first-order valence-electron chi connectivity index (χ1n) is 12.5. The second kappa shape index (κ2) is 14.9. The van der Waals surface area contributed by atoms with Crippen LogP contribution in [-0.2, 0) is 4.74 Å². The Morgan fingerprint density at radius 1 is 0.935 bits per heavy atom. The second-order valence-corrected chi connectivity index (χ2v) is 9.36. The van der Waals surface area contributed by atoms with Crippen LogP contribution in [0.25, 0.3) is 0 Å². The summed E-state index contributed by atoms with van der Waals surface area (Å²) in [7, 11) is 2.22. The Bertz CT molecular complexity index is 500. The quantitative estimate of drug-likeness (QED) is 0.199. The number of hydrogen-bond acceptors (Lipinski definition) is 5. The summed E-state index contributed by atoms with van der Waals surface area (Å²) in [4.78, 5) is 12.8. The van der Waals surface area contributed by atoms with Crippen LogP contribution in [-0.4, -0.2) is 112 Å². The molecule has 31 heavy (non-hydrogen) atoms. The number of rotatable bonds is 9. The first-order chi connectivity index (χ1) is 14.7. The van der Waals surface area contributed by atoms with Crippen LogP contribution in [0.1, 0.15) is 51.9 Å². The van der Waals surface area contributed by atoms with Gasteiger partial charge in [-0.15, -0.1) is 24.0 Å². The van der Waals surface area contributed by atoms with Gasteiger partial charge in [-0.2, -0.15) is 0 Å². The van der Waals surface area contributed by atoms with Gasteiger partial charge in [-0.1, -0.05) is 19.3 Å². The molecule has 1 saturated carbocycles. The Kier molecular flexibility index (Phi) is 13.0. The lowest BCUT2D eigenvalue weighted by Gasteiger charge is -2.47. The van der Waals surface area contributed by atoms with E-state index in [9.17, 15) is 0 Å². The van der Waals surface area contributed by atoms with Crippen LogP contribution in [0.15, 0.2) is 4.99 Å². The lowest BCUT2D eigenvalue weighted by atomic mass is 9.80. The summed E-state index contributed by atoms with van der Waals surface area (Å²) >= 11 is 0. The van der Waals surface area contributed by atoms with Crippen molar-refractivity contribution in [1.82, 2.24) is 25.3 Å². The Morgan fingerprint density at radius 3 is 2.32 bits per heavy atom. The number of piperazine rings is 1. The minimum atomic E-state index is 0. The highest BCUT2D eigenvalue weighted by Crippen LogP contribution is 2.34. The van der Waals surface area contributed by atoms with Gasteiger partial charge in [0.25, 0.3) is 0 Å². The molecule has 8 heteroatoms. The predicted octanol–water partition coefficient (Wildman–Crippen LogP) is 2.22. The van der Waals surface area contributed by atoms with Crippen molar-refractivity contribution < 1.29 is 4.74 Å². The molecule has 0 aromatic rings. The summed E-state index contributed by atoms with van der Waals surface area (Å²) in [5.41, 5.74) is 0.242. The fraction of sp³-hybridized carbons (Fsp3) is 0.957. The van der Waals surface area contributed by atoms with Crippen molar-refractivity contribution in [3.8, 4) is 0 Å². The Morgan fingerprint density at radius 2 is 1.65 bits per heavy atom. The number of aliphatic imine (C=N–C) groups is 1. The average molecular weight is 551 g/mol. The first-order valence-corrected chi connectivity index (χ1v) is 12.5. The van der Waals surface area contributed by atoms with Gasteiger partial charge in [-0.25, -0.2) is 0 Å². The van der Waals surface area contributed by atoms with Crippen molar-refractivity contribution in [3.63, 3.8) is 0 Å². The van der Waals surface area contributed by atoms with Gasteiger partial charge in [-0.3, -0.25) is 9.89 Å². The largest absolute Gasteiger partial charge is 0.379 e. The second-order valence-electron chi connectivity index (χ2n) is 9.36. The van der Waals surface area contributed by atoms with Gasteiger partial charge in [-0.05, 0) is 46.2 Å². The molecule has 3 fully saturated rings. The van der Waals surface area contributed by atoms with Crippen molar-refractivity contribution in [2.24, 2.45) is 4.99 Å². The first kappa shape index (κ1) is 27.1. The van der Waals surface area contributed by atoms with Crippen molar-refractivity contribution in [3.05, 3.63) is 0 Å². The standard InChI is InChI=1S/C23H46N6O.HI/c1-3-24-22(25-11-7-8-12-28-15-13-27(2)14-16-28)26-21-23(9-5-4-6-10-23)29-17-19-30-20-18-29;/h3-21H2,1-2H3,(H2,24,25,26);1H. The zero-order chi connectivity index (χ0) is 21.1. The molecule has 3 aliphatic rings. The lowest BCUT2D eigenvalue weighted by molar-refractivity contribution is -0.0333. The van der Waals surface area contributed by atoms with Crippen LogP contribution in [0.4, 0.5) is 0 Å². The van der Waals surface area contributed by atoms with Crippen LogP contribution in [0, 0.1) is 0 Å². The summed E-state index contributed by atoms with van der Waals surface area (Å²) in [6.07, 6.45) is 9.06. The van der Waals surface area contributed by atoms with E-state index in [0.29, 0.717) is 0 Å². The van der Waals surface area contributed by atoms with E-state index in [4.69, 9.17) is 9.73 Å². The third-order valence-electron chi connectivity index (χ3n) is 7.13. The fourth-order valence-electron chi connectivity index (χ4n) is 5.13. The number of halogens is 1. The molecule has 0 atom stereocenters. The highest BCUT2D eigenvalue weighted by Gasteiger charge is 2.38. The Balaban J connectivity index is 0.00000341.